The highest BCUT2D eigenvalue weighted by atomic mass is 19.1. The molecule has 12 heteroatoms. The van der Waals surface area contributed by atoms with Crippen molar-refractivity contribution in [3.63, 3.8) is 0 Å². The lowest BCUT2D eigenvalue weighted by atomic mass is 9.82. The molecule has 3 aromatic carbocycles. The Bertz CT molecular complexity index is 1970. The highest BCUT2D eigenvalue weighted by molar-refractivity contribution is 6.08. The van der Waals surface area contributed by atoms with E-state index in [0.29, 0.717) is 24.3 Å². The van der Waals surface area contributed by atoms with Crippen molar-refractivity contribution in [2.75, 3.05) is 25.1 Å². The van der Waals surface area contributed by atoms with E-state index in [1.54, 1.807) is 63.1 Å². The van der Waals surface area contributed by atoms with Gasteiger partial charge in [-0.05, 0) is 98.7 Å². The molecule has 54 heavy (non-hydrogen) atoms. The number of carbonyl (C=O) groups excluding carboxylic acids is 4. The van der Waals surface area contributed by atoms with Gasteiger partial charge in [0.05, 0.1) is 19.6 Å². The van der Waals surface area contributed by atoms with Gasteiger partial charge in [-0.15, -0.1) is 0 Å². The lowest BCUT2D eigenvalue weighted by Crippen LogP contribution is -2.69. The molecule has 4 aromatic rings. The Labute approximate surface area is 314 Å². The summed E-state index contributed by atoms with van der Waals surface area (Å²) in [7, 11) is 1.57. The first-order valence-electron chi connectivity index (χ1n) is 18.1. The van der Waals surface area contributed by atoms with Crippen molar-refractivity contribution < 1.29 is 37.8 Å². The van der Waals surface area contributed by atoms with Crippen LogP contribution >= 0.6 is 0 Å². The van der Waals surface area contributed by atoms with Crippen LogP contribution in [0.3, 0.4) is 0 Å². The Morgan fingerprint density at radius 2 is 1.69 bits per heavy atom. The Balaban J connectivity index is 1.24. The summed E-state index contributed by atoms with van der Waals surface area (Å²) in [6.07, 6.45) is 2.42. The minimum atomic E-state index is -1.18. The number of pyridine rings is 1. The molecule has 0 radical (unpaired) electrons. The van der Waals surface area contributed by atoms with Gasteiger partial charge in [0, 0.05) is 25.2 Å². The first-order chi connectivity index (χ1) is 25.9. The number of benzene rings is 3. The van der Waals surface area contributed by atoms with Gasteiger partial charge < -0.3 is 19.1 Å². The van der Waals surface area contributed by atoms with Gasteiger partial charge in [0.25, 0.3) is 0 Å². The van der Waals surface area contributed by atoms with Gasteiger partial charge in [-0.3, -0.25) is 9.69 Å². The van der Waals surface area contributed by atoms with Gasteiger partial charge in [0.15, 0.2) is 6.04 Å². The van der Waals surface area contributed by atoms with Gasteiger partial charge in [0.1, 0.15) is 29.6 Å². The smallest absolute Gasteiger partial charge is 0.416 e. The molecule has 6 rings (SSSR count). The summed E-state index contributed by atoms with van der Waals surface area (Å²) in [5, 5.41) is 0. The monoisotopic (exact) mass is 736 g/mol. The summed E-state index contributed by atoms with van der Waals surface area (Å²) >= 11 is 0. The van der Waals surface area contributed by atoms with Crippen molar-refractivity contribution in [3.8, 4) is 5.75 Å². The number of rotatable bonds is 10. The number of hydrogen-bond donors (Lipinski definition) is 0. The molecular weight excluding hydrogens is 691 g/mol. The summed E-state index contributed by atoms with van der Waals surface area (Å²) < 4.78 is 30.8. The largest absolute Gasteiger partial charge is 0.497 e. The molecule has 3 heterocycles. The van der Waals surface area contributed by atoms with Gasteiger partial charge in [-0.2, -0.15) is 0 Å². The zero-order valence-electron chi connectivity index (χ0n) is 30.9. The fourth-order valence-electron chi connectivity index (χ4n) is 6.84. The van der Waals surface area contributed by atoms with Gasteiger partial charge in [-0.25, -0.2) is 28.7 Å². The number of aromatic nitrogens is 1. The number of halogens is 1. The summed E-state index contributed by atoms with van der Waals surface area (Å²) in [6, 6.07) is 24.4. The highest BCUT2D eigenvalue weighted by Crippen LogP contribution is 2.35. The molecule has 0 N–H and O–H groups in total. The van der Waals surface area contributed by atoms with Gasteiger partial charge in [-0.1, -0.05) is 54.6 Å². The first kappa shape index (κ1) is 38.0. The summed E-state index contributed by atoms with van der Waals surface area (Å²) in [6.45, 7) is 6.12. The molecule has 3 atom stereocenters. The molecule has 4 amide bonds. The van der Waals surface area contributed by atoms with Gasteiger partial charge in [0.2, 0.25) is 5.91 Å². The average molecular weight is 737 g/mol. The molecule has 11 nitrogen and oxygen atoms in total. The number of β-lactam (4-membered cyclic amide) rings is 1. The van der Waals surface area contributed by atoms with Crippen LogP contribution in [0, 0.1) is 11.7 Å². The molecule has 0 spiro atoms. The predicted octanol–water partition coefficient (Wildman–Crippen LogP) is 7.28. The summed E-state index contributed by atoms with van der Waals surface area (Å²) in [5.74, 6) is -1.62. The number of ether oxygens (including phenoxy) is 3. The van der Waals surface area contributed by atoms with Crippen LogP contribution in [-0.2, 0) is 38.6 Å². The molecule has 1 unspecified atom stereocenters. The molecule has 1 aromatic heterocycles. The fraction of sp³-hybridized carbons (Fsp3) is 0.357. The van der Waals surface area contributed by atoms with E-state index >= 15 is 0 Å². The number of methoxy groups -OCH3 is 1. The third kappa shape index (κ3) is 9.05. The van der Waals surface area contributed by atoms with Crippen molar-refractivity contribution in [2.24, 2.45) is 5.92 Å². The molecule has 2 aliphatic heterocycles. The number of nitrogens with zero attached hydrogens (tertiary/aromatic N) is 4. The van der Waals surface area contributed by atoms with Crippen LogP contribution in [0.25, 0.3) is 0 Å². The molecule has 0 bridgehead atoms. The van der Waals surface area contributed by atoms with Crippen molar-refractivity contribution in [1.29, 1.82) is 0 Å². The zero-order chi connectivity index (χ0) is 38.4. The number of likely N-dealkylation sites (tertiary alicyclic amines) is 2. The van der Waals surface area contributed by atoms with Crippen LogP contribution in [0.1, 0.15) is 61.8 Å². The fourth-order valence-corrected chi connectivity index (χ4v) is 6.84. The number of piperidine rings is 1. The number of urea groups is 1. The number of anilines is 1. The second-order valence-corrected chi connectivity index (χ2v) is 14.6. The second-order valence-electron chi connectivity index (χ2n) is 14.6. The van der Waals surface area contributed by atoms with Gasteiger partial charge >= 0.3 is 18.1 Å². The lowest BCUT2D eigenvalue weighted by molar-refractivity contribution is -0.171. The SMILES string of the molecule is COc1ccc(CN(C(=O)OC(C)(C)C)c2cc(C[C@H]3C(=O)N(C(=O)N4CCCC(c5cccc(F)c5)C4)[C@@H]3C(=O)OCc3ccccc3)ccn2)cc1. The van der Waals surface area contributed by atoms with E-state index in [2.05, 4.69) is 4.98 Å². The molecule has 282 valence electrons. The maximum atomic E-state index is 14.1. The average Bonchev–Trinajstić information content (AvgIpc) is 3.17. The Morgan fingerprint density at radius 3 is 2.39 bits per heavy atom. The van der Waals surface area contributed by atoms with E-state index < -0.39 is 41.6 Å². The van der Waals surface area contributed by atoms with Crippen molar-refractivity contribution >= 4 is 29.8 Å². The maximum absolute atomic E-state index is 14.1. The molecule has 2 saturated heterocycles. The zero-order valence-corrected chi connectivity index (χ0v) is 30.9. The second kappa shape index (κ2) is 16.5. The molecule has 0 aliphatic carbocycles. The van der Waals surface area contributed by atoms with E-state index in [1.165, 1.54) is 23.2 Å². The van der Waals surface area contributed by atoms with Crippen LogP contribution in [0.15, 0.2) is 97.2 Å². The maximum Gasteiger partial charge on any atom is 0.416 e. The van der Waals surface area contributed by atoms with Crippen LogP contribution in [-0.4, -0.2) is 70.6 Å². The lowest BCUT2D eigenvalue weighted by Gasteiger charge is -2.46. The number of carbonyl (C=O) groups is 4. The third-order valence-corrected chi connectivity index (χ3v) is 9.55. The molecule has 0 saturated carbocycles. The van der Waals surface area contributed by atoms with E-state index in [-0.39, 0.29) is 43.7 Å². The Hall–Kier alpha value is -5.78. The molecular formula is C42H45FN4O7. The number of hydrogen-bond acceptors (Lipinski definition) is 8. The first-order valence-corrected chi connectivity index (χ1v) is 18.1. The number of imide groups is 1. The Kier molecular flexibility index (Phi) is 11.6. The normalized spacial score (nSPS) is 18.4. The van der Waals surface area contributed by atoms with E-state index in [1.807, 2.05) is 48.5 Å². The standard InChI is InChI=1S/C42H45FN4O7/c1-42(2,3)54-41(51)46(25-28-15-17-34(52-4)18-16-28)36-23-30(19-20-44-36)22-35-37(39(49)53-27-29-10-6-5-7-11-29)47(38(35)48)40(50)45-21-9-13-32(26-45)31-12-8-14-33(43)24-31/h5-8,10-12,14-20,23-24,32,35,37H,9,13,21-22,25-27H2,1-4H3/t32?,35-,37+/m1/s1. The minimum Gasteiger partial charge on any atom is -0.497 e. The summed E-state index contributed by atoms with van der Waals surface area (Å²) in [5.41, 5.74) is 2.19. The van der Waals surface area contributed by atoms with E-state index in [9.17, 15) is 23.6 Å². The number of esters is 1. The van der Waals surface area contributed by atoms with Crippen LogP contribution in [0.2, 0.25) is 0 Å². The highest BCUT2D eigenvalue weighted by Gasteiger charge is 2.56. The topological polar surface area (TPSA) is 119 Å². The molecule has 2 fully saturated rings. The third-order valence-electron chi connectivity index (χ3n) is 9.55. The van der Waals surface area contributed by atoms with Crippen LogP contribution in [0.5, 0.6) is 5.75 Å². The van der Waals surface area contributed by atoms with E-state index in [0.717, 1.165) is 28.0 Å². The van der Waals surface area contributed by atoms with Crippen LogP contribution < -0.4 is 9.64 Å². The van der Waals surface area contributed by atoms with Crippen molar-refractivity contribution in [3.05, 3.63) is 125 Å². The molecule has 2 aliphatic rings. The summed E-state index contributed by atoms with van der Waals surface area (Å²) in [4.78, 5) is 63.7. The minimum absolute atomic E-state index is 0.0277. The van der Waals surface area contributed by atoms with Crippen molar-refractivity contribution in [2.45, 2.75) is 70.7 Å². The Morgan fingerprint density at radius 1 is 0.926 bits per heavy atom. The predicted molar refractivity (Wildman–Crippen MR) is 199 cm³/mol. The van der Waals surface area contributed by atoms with Crippen molar-refractivity contribution in [1.82, 2.24) is 14.8 Å². The number of amides is 4. The van der Waals surface area contributed by atoms with Crippen LogP contribution in [0.4, 0.5) is 19.8 Å². The quantitative estimate of drug-likeness (QED) is 0.123. The van der Waals surface area contributed by atoms with E-state index in [4.69, 9.17) is 14.2 Å².